The highest BCUT2D eigenvalue weighted by Gasteiger charge is 2.29. The Kier molecular flexibility index (Phi) is 4.45. The van der Waals surface area contributed by atoms with E-state index < -0.39 is 0 Å². The maximum absolute atomic E-state index is 12.3. The number of benzene rings is 1. The van der Waals surface area contributed by atoms with Gasteiger partial charge in [0.05, 0.1) is 14.2 Å². The SMILES string of the molecule is COc1ccc(OC)c(C2CCN(C(=O)Cn3cncn3)C2)c1. The zero-order valence-corrected chi connectivity index (χ0v) is 13.3. The summed E-state index contributed by atoms with van der Waals surface area (Å²) in [6, 6.07) is 5.79. The van der Waals surface area contributed by atoms with Crippen LogP contribution in [-0.4, -0.2) is 52.9 Å². The third-order valence-electron chi connectivity index (χ3n) is 4.18. The first-order chi connectivity index (χ1) is 11.2. The number of aromatic nitrogens is 3. The molecule has 1 fully saturated rings. The highest BCUT2D eigenvalue weighted by atomic mass is 16.5. The van der Waals surface area contributed by atoms with E-state index in [1.807, 2.05) is 23.1 Å². The Bertz CT molecular complexity index is 672. The number of rotatable bonds is 5. The maximum atomic E-state index is 12.3. The average molecular weight is 316 g/mol. The van der Waals surface area contributed by atoms with Crippen molar-refractivity contribution in [2.45, 2.75) is 18.9 Å². The Hall–Kier alpha value is -2.57. The molecule has 0 aliphatic carbocycles. The minimum Gasteiger partial charge on any atom is -0.497 e. The summed E-state index contributed by atoms with van der Waals surface area (Å²) >= 11 is 0. The van der Waals surface area contributed by atoms with Crippen LogP contribution in [0.5, 0.6) is 11.5 Å². The summed E-state index contributed by atoms with van der Waals surface area (Å²) in [6.45, 7) is 1.64. The molecule has 1 aliphatic rings. The molecule has 1 aromatic carbocycles. The number of nitrogens with zero attached hydrogens (tertiary/aromatic N) is 4. The van der Waals surface area contributed by atoms with Crippen LogP contribution in [-0.2, 0) is 11.3 Å². The fraction of sp³-hybridized carbons (Fsp3) is 0.438. The Morgan fingerprint density at radius 3 is 2.91 bits per heavy atom. The summed E-state index contributed by atoms with van der Waals surface area (Å²) in [6.07, 6.45) is 3.89. The van der Waals surface area contributed by atoms with Crippen LogP contribution < -0.4 is 9.47 Å². The van der Waals surface area contributed by atoms with Crippen LogP contribution in [0, 0.1) is 0 Å². The molecule has 0 spiro atoms. The molecule has 1 atom stereocenters. The molecule has 1 unspecified atom stereocenters. The van der Waals surface area contributed by atoms with E-state index in [0.29, 0.717) is 6.54 Å². The second-order valence-corrected chi connectivity index (χ2v) is 5.53. The lowest BCUT2D eigenvalue weighted by molar-refractivity contribution is -0.131. The molecule has 23 heavy (non-hydrogen) atoms. The zero-order valence-electron chi connectivity index (χ0n) is 13.3. The Balaban J connectivity index is 1.71. The third kappa shape index (κ3) is 3.28. The average Bonchev–Trinajstić information content (AvgIpc) is 3.25. The minimum absolute atomic E-state index is 0.0554. The van der Waals surface area contributed by atoms with Crippen molar-refractivity contribution in [2.75, 3.05) is 27.3 Å². The summed E-state index contributed by atoms with van der Waals surface area (Å²) < 4.78 is 12.3. The number of ether oxygens (including phenoxy) is 2. The van der Waals surface area contributed by atoms with Crippen molar-refractivity contribution in [1.82, 2.24) is 19.7 Å². The van der Waals surface area contributed by atoms with Crippen LogP contribution in [0.2, 0.25) is 0 Å². The second kappa shape index (κ2) is 6.68. The van der Waals surface area contributed by atoms with Gasteiger partial charge in [0, 0.05) is 24.6 Å². The zero-order chi connectivity index (χ0) is 16.2. The standard InChI is InChI=1S/C16H20N4O3/c1-22-13-3-4-15(23-2)14(7-13)12-5-6-19(8-12)16(21)9-20-11-17-10-18-20/h3-4,7,10-12H,5-6,8-9H2,1-2H3. The van der Waals surface area contributed by atoms with Gasteiger partial charge in [0.15, 0.2) is 0 Å². The molecule has 1 aliphatic heterocycles. The Labute approximate surface area is 134 Å². The van der Waals surface area contributed by atoms with Crippen molar-refractivity contribution < 1.29 is 14.3 Å². The summed E-state index contributed by atoms with van der Waals surface area (Å²) in [4.78, 5) is 18.1. The van der Waals surface area contributed by atoms with Crippen molar-refractivity contribution in [2.24, 2.45) is 0 Å². The number of hydrogen-bond acceptors (Lipinski definition) is 5. The van der Waals surface area contributed by atoms with E-state index in [-0.39, 0.29) is 18.4 Å². The molecule has 3 rings (SSSR count). The van der Waals surface area contributed by atoms with E-state index in [1.165, 1.54) is 6.33 Å². The van der Waals surface area contributed by atoms with Gasteiger partial charge in [-0.15, -0.1) is 0 Å². The topological polar surface area (TPSA) is 69.5 Å². The molecule has 7 nitrogen and oxygen atoms in total. The molecule has 122 valence electrons. The van der Waals surface area contributed by atoms with Gasteiger partial charge in [-0.3, -0.25) is 4.79 Å². The van der Waals surface area contributed by atoms with Gasteiger partial charge in [-0.05, 0) is 24.6 Å². The summed E-state index contributed by atoms with van der Waals surface area (Å²) in [5.74, 6) is 1.94. The van der Waals surface area contributed by atoms with E-state index in [1.54, 1.807) is 25.2 Å². The van der Waals surface area contributed by atoms with Crippen molar-refractivity contribution in [3.05, 3.63) is 36.4 Å². The first-order valence-electron chi connectivity index (χ1n) is 7.53. The number of likely N-dealkylation sites (tertiary alicyclic amines) is 1. The molecule has 1 amide bonds. The summed E-state index contributed by atoms with van der Waals surface area (Å²) in [5.41, 5.74) is 1.09. The number of carbonyl (C=O) groups excluding carboxylic acids is 1. The van der Waals surface area contributed by atoms with Gasteiger partial charge in [-0.25, -0.2) is 9.67 Å². The smallest absolute Gasteiger partial charge is 0.244 e. The van der Waals surface area contributed by atoms with Crippen molar-refractivity contribution in [3.63, 3.8) is 0 Å². The lowest BCUT2D eigenvalue weighted by atomic mass is 9.97. The van der Waals surface area contributed by atoms with Gasteiger partial charge in [0.2, 0.25) is 5.91 Å². The molecule has 0 bridgehead atoms. The third-order valence-corrected chi connectivity index (χ3v) is 4.18. The lowest BCUT2D eigenvalue weighted by Gasteiger charge is -2.18. The molecule has 0 radical (unpaired) electrons. The van der Waals surface area contributed by atoms with Gasteiger partial charge in [-0.2, -0.15) is 5.10 Å². The first kappa shape index (κ1) is 15.3. The van der Waals surface area contributed by atoms with Gasteiger partial charge in [-0.1, -0.05) is 0 Å². The van der Waals surface area contributed by atoms with E-state index in [9.17, 15) is 4.79 Å². The van der Waals surface area contributed by atoms with Crippen LogP contribution in [0.4, 0.5) is 0 Å². The van der Waals surface area contributed by atoms with Crippen molar-refractivity contribution in [3.8, 4) is 11.5 Å². The first-order valence-corrected chi connectivity index (χ1v) is 7.53. The molecule has 0 N–H and O–H groups in total. The summed E-state index contributed by atoms with van der Waals surface area (Å²) in [5, 5.41) is 3.98. The van der Waals surface area contributed by atoms with Crippen molar-refractivity contribution >= 4 is 5.91 Å². The molecule has 0 saturated carbocycles. The predicted octanol–water partition coefficient (Wildman–Crippen LogP) is 1.31. The molecular weight excluding hydrogens is 296 g/mol. The minimum atomic E-state index is 0.0554. The van der Waals surface area contributed by atoms with Crippen LogP contribution in [0.25, 0.3) is 0 Å². The molecule has 1 aromatic heterocycles. The second-order valence-electron chi connectivity index (χ2n) is 5.53. The molecule has 2 aromatic rings. The van der Waals surface area contributed by atoms with Gasteiger partial charge >= 0.3 is 0 Å². The Morgan fingerprint density at radius 1 is 1.35 bits per heavy atom. The van der Waals surface area contributed by atoms with Gasteiger partial charge < -0.3 is 14.4 Å². The molecule has 1 saturated heterocycles. The van der Waals surface area contributed by atoms with Crippen LogP contribution in [0.15, 0.2) is 30.9 Å². The molecular formula is C16H20N4O3. The lowest BCUT2D eigenvalue weighted by Crippen LogP contribution is -2.31. The maximum Gasteiger partial charge on any atom is 0.244 e. The number of hydrogen-bond donors (Lipinski definition) is 0. The fourth-order valence-electron chi connectivity index (χ4n) is 2.95. The van der Waals surface area contributed by atoms with Crippen LogP contribution in [0.1, 0.15) is 17.9 Å². The van der Waals surface area contributed by atoms with Gasteiger partial charge in [0.1, 0.15) is 30.7 Å². The predicted molar refractivity (Wildman–Crippen MR) is 83.5 cm³/mol. The van der Waals surface area contributed by atoms with Gasteiger partial charge in [0.25, 0.3) is 0 Å². The number of methoxy groups -OCH3 is 2. The normalized spacial score (nSPS) is 17.3. The Morgan fingerprint density at radius 2 is 2.22 bits per heavy atom. The fourth-order valence-corrected chi connectivity index (χ4v) is 2.95. The van der Waals surface area contributed by atoms with E-state index in [2.05, 4.69) is 10.1 Å². The van der Waals surface area contributed by atoms with E-state index in [0.717, 1.165) is 30.0 Å². The van der Waals surface area contributed by atoms with E-state index >= 15 is 0 Å². The monoisotopic (exact) mass is 316 g/mol. The molecule has 7 heteroatoms. The van der Waals surface area contributed by atoms with Crippen LogP contribution >= 0.6 is 0 Å². The van der Waals surface area contributed by atoms with E-state index in [4.69, 9.17) is 9.47 Å². The van der Waals surface area contributed by atoms with Crippen LogP contribution in [0.3, 0.4) is 0 Å². The number of amides is 1. The quantitative estimate of drug-likeness (QED) is 0.832. The number of carbonyl (C=O) groups is 1. The highest BCUT2D eigenvalue weighted by Crippen LogP contribution is 2.36. The highest BCUT2D eigenvalue weighted by molar-refractivity contribution is 5.76. The molecule has 2 heterocycles. The van der Waals surface area contributed by atoms with Crippen molar-refractivity contribution in [1.29, 1.82) is 0 Å². The largest absolute Gasteiger partial charge is 0.497 e. The summed E-state index contributed by atoms with van der Waals surface area (Å²) in [7, 11) is 3.31.